The van der Waals surface area contributed by atoms with Crippen molar-refractivity contribution in [1.82, 2.24) is 4.90 Å². The second-order valence-electron chi connectivity index (χ2n) is 12.8. The highest BCUT2D eigenvalue weighted by atomic mass is 16.5. The molecule has 0 radical (unpaired) electrons. The fourth-order valence-electron chi connectivity index (χ4n) is 7.03. The molecule has 1 unspecified atom stereocenters. The summed E-state index contributed by atoms with van der Waals surface area (Å²) in [5.74, 6) is 0.204. The number of unbranched alkanes of at least 4 members (excludes halogenated alkanes) is 2. The third-order valence-corrected chi connectivity index (χ3v) is 9.60. The lowest BCUT2D eigenvalue weighted by molar-refractivity contribution is -0.925. The van der Waals surface area contributed by atoms with E-state index in [0.717, 1.165) is 103 Å². The first kappa shape index (κ1) is 32.2. The van der Waals surface area contributed by atoms with Crippen molar-refractivity contribution < 1.29 is 18.8 Å². The zero-order valence-electron chi connectivity index (χ0n) is 26.6. The molecule has 0 saturated carbocycles. The quantitative estimate of drug-likeness (QED) is 0.235. The Hall–Kier alpha value is -2.74. The zero-order valence-corrected chi connectivity index (χ0v) is 26.6. The summed E-state index contributed by atoms with van der Waals surface area (Å²) >= 11 is 0. The Kier molecular flexibility index (Phi) is 11.6. The van der Waals surface area contributed by atoms with Crippen LogP contribution in [0.15, 0.2) is 36.4 Å². The van der Waals surface area contributed by atoms with Gasteiger partial charge in [-0.3, -0.25) is 14.5 Å². The van der Waals surface area contributed by atoms with Crippen molar-refractivity contribution in [2.75, 3.05) is 57.0 Å². The lowest BCUT2D eigenvalue weighted by Gasteiger charge is -2.41. The van der Waals surface area contributed by atoms with Gasteiger partial charge in [0.05, 0.1) is 31.8 Å². The SMILES string of the molecule is COC1CCN(CCCCC[N+]2(CC(=O)Nc3c(C)cccc3C)CCCCC2)[C@@H](C(=O)Nc2c(C)cccc2C)C1. The van der Waals surface area contributed by atoms with E-state index in [2.05, 4.69) is 41.5 Å². The minimum Gasteiger partial charge on any atom is -0.381 e. The molecule has 2 heterocycles. The van der Waals surface area contributed by atoms with Crippen LogP contribution in [0.1, 0.15) is 73.6 Å². The lowest BCUT2D eigenvalue weighted by atomic mass is 9.97. The van der Waals surface area contributed by atoms with Gasteiger partial charge >= 0.3 is 0 Å². The van der Waals surface area contributed by atoms with Crippen LogP contribution in [-0.2, 0) is 14.3 Å². The first-order chi connectivity index (χ1) is 20.2. The summed E-state index contributed by atoms with van der Waals surface area (Å²) in [7, 11) is 1.75. The Morgan fingerprint density at radius 2 is 1.45 bits per heavy atom. The standard InChI is InChI=1S/C35H52N4O3/c1-26-14-12-15-27(2)33(26)36-32(40)25-39(22-10-7-11-23-39)21-9-6-8-19-38-20-18-30(42-5)24-31(38)35(41)37-34-28(3)16-13-17-29(34)4/h12-17,30-31H,6-11,18-25H2,1-5H3,(H-,36,37,40,41)/p+1/t30?,31-/m1/s1. The van der Waals surface area contributed by atoms with E-state index in [1.807, 2.05) is 38.1 Å². The largest absolute Gasteiger partial charge is 0.381 e. The van der Waals surface area contributed by atoms with Gasteiger partial charge in [0.15, 0.2) is 6.54 Å². The smallest absolute Gasteiger partial charge is 0.279 e. The number of carbonyl (C=O) groups is 2. The van der Waals surface area contributed by atoms with Crippen LogP contribution in [0.2, 0.25) is 0 Å². The monoisotopic (exact) mass is 577 g/mol. The molecule has 2 aromatic rings. The molecule has 0 spiro atoms. The number of ether oxygens (including phenoxy) is 1. The van der Waals surface area contributed by atoms with E-state index in [1.165, 1.54) is 19.3 Å². The van der Waals surface area contributed by atoms with Crippen molar-refractivity contribution in [3.63, 3.8) is 0 Å². The molecule has 0 aromatic heterocycles. The Morgan fingerprint density at radius 3 is 2.05 bits per heavy atom. The number of hydrogen-bond donors (Lipinski definition) is 2. The fourth-order valence-corrected chi connectivity index (χ4v) is 7.03. The molecule has 2 fully saturated rings. The number of nitrogens with one attached hydrogen (secondary N) is 2. The van der Waals surface area contributed by atoms with Gasteiger partial charge in [-0.05, 0) is 108 Å². The first-order valence-corrected chi connectivity index (χ1v) is 16.1. The fraction of sp³-hybridized carbons (Fsp3) is 0.600. The number of nitrogens with zero attached hydrogens (tertiary/aromatic N) is 2. The van der Waals surface area contributed by atoms with Crippen molar-refractivity contribution in [2.45, 2.75) is 91.2 Å². The summed E-state index contributed by atoms with van der Waals surface area (Å²) < 4.78 is 6.58. The van der Waals surface area contributed by atoms with Crippen LogP contribution in [0.25, 0.3) is 0 Å². The Labute approximate surface area is 253 Å². The average Bonchev–Trinajstić information content (AvgIpc) is 2.97. The van der Waals surface area contributed by atoms with Crippen molar-refractivity contribution in [2.24, 2.45) is 0 Å². The summed E-state index contributed by atoms with van der Waals surface area (Å²) in [4.78, 5) is 29.1. The number of amides is 2. The van der Waals surface area contributed by atoms with Crippen LogP contribution >= 0.6 is 0 Å². The summed E-state index contributed by atoms with van der Waals surface area (Å²) in [6.45, 7) is 13.8. The zero-order chi connectivity index (χ0) is 30.1. The van der Waals surface area contributed by atoms with Gasteiger partial charge in [0, 0.05) is 25.0 Å². The molecular formula is C35H53N4O3+. The minimum atomic E-state index is -0.184. The first-order valence-electron chi connectivity index (χ1n) is 16.1. The van der Waals surface area contributed by atoms with Gasteiger partial charge in [0.1, 0.15) is 0 Å². The molecule has 2 N–H and O–H groups in total. The normalized spacial score (nSPS) is 20.7. The van der Waals surface area contributed by atoms with E-state index >= 15 is 0 Å². The average molecular weight is 578 g/mol. The van der Waals surface area contributed by atoms with Gasteiger partial charge in [-0.25, -0.2) is 0 Å². The van der Waals surface area contributed by atoms with Crippen LogP contribution in [0.3, 0.4) is 0 Å². The van der Waals surface area contributed by atoms with E-state index in [-0.39, 0.29) is 24.0 Å². The maximum atomic E-state index is 13.5. The van der Waals surface area contributed by atoms with Crippen LogP contribution in [0, 0.1) is 27.7 Å². The highest BCUT2D eigenvalue weighted by molar-refractivity contribution is 5.96. The summed E-state index contributed by atoms with van der Waals surface area (Å²) in [6.07, 6.45) is 8.72. The summed E-state index contributed by atoms with van der Waals surface area (Å²) in [6, 6.07) is 12.1. The van der Waals surface area contributed by atoms with E-state index in [1.54, 1.807) is 7.11 Å². The molecule has 7 nitrogen and oxygen atoms in total. The van der Waals surface area contributed by atoms with Gasteiger partial charge < -0.3 is 19.9 Å². The third kappa shape index (κ3) is 8.42. The number of para-hydroxylation sites is 2. The molecular weight excluding hydrogens is 524 g/mol. The molecule has 2 atom stereocenters. The summed E-state index contributed by atoms with van der Waals surface area (Å²) in [5.41, 5.74) is 6.30. The molecule has 0 aliphatic carbocycles. The van der Waals surface area contributed by atoms with Gasteiger partial charge in [0.25, 0.3) is 5.91 Å². The number of aryl methyl sites for hydroxylation is 4. The number of methoxy groups -OCH3 is 1. The number of benzene rings is 2. The van der Waals surface area contributed by atoms with E-state index in [4.69, 9.17) is 4.74 Å². The van der Waals surface area contributed by atoms with Crippen LogP contribution in [0.4, 0.5) is 11.4 Å². The molecule has 2 saturated heterocycles. The topological polar surface area (TPSA) is 70.7 Å². The van der Waals surface area contributed by atoms with E-state index < -0.39 is 0 Å². The Bertz CT molecular complexity index is 1170. The lowest BCUT2D eigenvalue weighted by Crippen LogP contribution is -2.55. The maximum Gasteiger partial charge on any atom is 0.279 e. The van der Waals surface area contributed by atoms with Crippen LogP contribution in [0.5, 0.6) is 0 Å². The molecule has 2 aliphatic rings. The number of carbonyl (C=O) groups excluding carboxylic acids is 2. The third-order valence-electron chi connectivity index (χ3n) is 9.60. The molecule has 230 valence electrons. The molecule has 2 aliphatic heterocycles. The van der Waals surface area contributed by atoms with Crippen molar-refractivity contribution in [1.29, 1.82) is 0 Å². The molecule has 42 heavy (non-hydrogen) atoms. The number of anilines is 2. The number of hydrogen-bond acceptors (Lipinski definition) is 4. The molecule has 2 amide bonds. The molecule has 4 rings (SSSR count). The van der Waals surface area contributed by atoms with Gasteiger partial charge in [-0.2, -0.15) is 0 Å². The van der Waals surface area contributed by atoms with Crippen molar-refractivity contribution in [3.8, 4) is 0 Å². The van der Waals surface area contributed by atoms with E-state index in [9.17, 15) is 9.59 Å². The Morgan fingerprint density at radius 1 is 0.857 bits per heavy atom. The predicted octanol–water partition coefficient (Wildman–Crippen LogP) is 6.15. The second kappa shape index (κ2) is 15.1. The van der Waals surface area contributed by atoms with Crippen molar-refractivity contribution >= 4 is 23.2 Å². The second-order valence-corrected chi connectivity index (χ2v) is 12.8. The highest BCUT2D eigenvalue weighted by Crippen LogP contribution is 2.26. The van der Waals surface area contributed by atoms with Gasteiger partial charge in [-0.15, -0.1) is 0 Å². The Balaban J connectivity index is 1.30. The van der Waals surface area contributed by atoms with Gasteiger partial charge in [0.2, 0.25) is 5.91 Å². The van der Waals surface area contributed by atoms with Crippen molar-refractivity contribution in [3.05, 3.63) is 58.7 Å². The summed E-state index contributed by atoms with van der Waals surface area (Å²) in [5, 5.41) is 6.47. The van der Waals surface area contributed by atoms with E-state index in [0.29, 0.717) is 6.54 Å². The number of likely N-dealkylation sites (tertiary alicyclic amines) is 2. The van der Waals surface area contributed by atoms with Gasteiger partial charge in [-0.1, -0.05) is 36.4 Å². The number of piperidine rings is 2. The minimum absolute atomic E-state index is 0.0712. The molecule has 7 heteroatoms. The highest BCUT2D eigenvalue weighted by Gasteiger charge is 2.34. The molecule has 2 aromatic carbocycles. The van der Waals surface area contributed by atoms with Crippen LogP contribution < -0.4 is 10.6 Å². The molecule has 0 bridgehead atoms. The predicted molar refractivity (Wildman–Crippen MR) is 172 cm³/mol. The number of quaternary nitrogens is 1. The maximum absolute atomic E-state index is 13.5. The van der Waals surface area contributed by atoms with Crippen LogP contribution in [-0.4, -0.2) is 79.7 Å². The number of rotatable bonds is 12.